The summed E-state index contributed by atoms with van der Waals surface area (Å²) < 4.78 is 11.8. The molecule has 3 N–H and O–H groups in total. The highest BCUT2D eigenvalue weighted by Gasteiger charge is 2.26. The van der Waals surface area contributed by atoms with Crippen LogP contribution in [-0.2, 0) is 14.4 Å². The number of carbonyl (C=O) groups is 3. The summed E-state index contributed by atoms with van der Waals surface area (Å²) in [6.45, 7) is 3.73. The number of rotatable bonds is 8. The number of aryl methyl sites for hydroxylation is 2. The lowest BCUT2D eigenvalue weighted by Gasteiger charge is -2.14. The standard InChI is InChI=1S/C23H25IN4O5/c1-13-6-14(2)8-17(7-13)26-20(29)12-33-21-18(24)9-15(10-19(21)32-3)11-25-28-23(31)22(30)27-16-4-5-16/h6-11,16H,4-5,12H2,1-3H3,(H,26,29)(H,27,30)(H,28,31)/b25-11-. The first kappa shape index (κ1) is 24.5. The first-order valence-corrected chi connectivity index (χ1v) is 11.4. The molecule has 9 nitrogen and oxygen atoms in total. The molecule has 0 radical (unpaired) electrons. The fourth-order valence-electron chi connectivity index (χ4n) is 3.03. The van der Waals surface area contributed by atoms with Crippen molar-refractivity contribution in [3.05, 3.63) is 50.6 Å². The van der Waals surface area contributed by atoms with Crippen LogP contribution < -0.4 is 25.5 Å². The number of nitrogens with one attached hydrogen (secondary N) is 3. The second-order valence-corrected chi connectivity index (χ2v) is 8.86. The second kappa shape index (κ2) is 11.1. The van der Waals surface area contributed by atoms with E-state index in [-0.39, 0.29) is 18.6 Å². The highest BCUT2D eigenvalue weighted by molar-refractivity contribution is 14.1. The summed E-state index contributed by atoms with van der Waals surface area (Å²) in [6, 6.07) is 9.29. The Bertz CT molecular complexity index is 1080. The second-order valence-electron chi connectivity index (χ2n) is 7.69. The molecule has 0 bridgehead atoms. The van der Waals surface area contributed by atoms with Gasteiger partial charge < -0.3 is 20.1 Å². The number of methoxy groups -OCH3 is 1. The van der Waals surface area contributed by atoms with Gasteiger partial charge in [0, 0.05) is 11.7 Å². The zero-order chi connectivity index (χ0) is 24.0. The molecule has 1 fully saturated rings. The molecule has 2 aromatic carbocycles. The molecule has 1 aliphatic rings. The van der Waals surface area contributed by atoms with Crippen molar-refractivity contribution >= 4 is 52.2 Å². The van der Waals surface area contributed by atoms with Crippen molar-refractivity contribution in [2.75, 3.05) is 19.0 Å². The Balaban J connectivity index is 1.59. The number of ether oxygens (including phenoxy) is 2. The molecule has 0 aromatic heterocycles. The van der Waals surface area contributed by atoms with Gasteiger partial charge in [0.2, 0.25) is 0 Å². The van der Waals surface area contributed by atoms with Crippen LogP contribution in [0, 0.1) is 17.4 Å². The van der Waals surface area contributed by atoms with Crippen LogP contribution in [0.25, 0.3) is 0 Å². The Morgan fingerprint density at radius 3 is 2.42 bits per heavy atom. The van der Waals surface area contributed by atoms with E-state index in [0.717, 1.165) is 24.0 Å². The highest BCUT2D eigenvalue weighted by atomic mass is 127. The maximum Gasteiger partial charge on any atom is 0.329 e. The zero-order valence-electron chi connectivity index (χ0n) is 18.5. The quantitative estimate of drug-likeness (QED) is 0.197. The maximum atomic E-state index is 12.3. The number of nitrogens with zero attached hydrogens (tertiary/aromatic N) is 1. The monoisotopic (exact) mass is 564 g/mol. The fraction of sp³-hybridized carbons (Fsp3) is 0.304. The molecular weight excluding hydrogens is 539 g/mol. The van der Waals surface area contributed by atoms with E-state index in [1.165, 1.54) is 13.3 Å². The minimum Gasteiger partial charge on any atom is -0.493 e. The predicted molar refractivity (Wildman–Crippen MR) is 133 cm³/mol. The van der Waals surface area contributed by atoms with Crippen molar-refractivity contribution in [3.8, 4) is 11.5 Å². The topological polar surface area (TPSA) is 118 Å². The Labute approximate surface area is 205 Å². The lowest BCUT2D eigenvalue weighted by molar-refractivity contribution is -0.139. The molecule has 1 saturated carbocycles. The number of hydrazone groups is 1. The molecule has 0 unspecified atom stereocenters. The van der Waals surface area contributed by atoms with Crippen LogP contribution in [0.5, 0.6) is 11.5 Å². The summed E-state index contributed by atoms with van der Waals surface area (Å²) in [7, 11) is 1.48. The molecule has 3 amide bonds. The Hall–Kier alpha value is -3.15. The van der Waals surface area contributed by atoms with E-state index in [1.54, 1.807) is 12.1 Å². The molecule has 0 spiro atoms. The van der Waals surface area contributed by atoms with E-state index < -0.39 is 11.8 Å². The first-order chi connectivity index (χ1) is 15.7. The SMILES string of the molecule is COc1cc(/C=N\NC(=O)C(=O)NC2CC2)cc(I)c1OCC(=O)Nc1cc(C)cc(C)c1. The van der Waals surface area contributed by atoms with Gasteiger partial charge in [0.05, 0.1) is 16.9 Å². The Kier molecular flexibility index (Phi) is 8.26. The van der Waals surface area contributed by atoms with Crippen molar-refractivity contribution in [2.24, 2.45) is 5.10 Å². The van der Waals surface area contributed by atoms with E-state index in [1.807, 2.05) is 32.0 Å². The Morgan fingerprint density at radius 1 is 1.09 bits per heavy atom. The van der Waals surface area contributed by atoms with E-state index in [2.05, 4.69) is 43.8 Å². The van der Waals surface area contributed by atoms with Gasteiger partial charge in [0.15, 0.2) is 18.1 Å². The predicted octanol–water partition coefficient (Wildman–Crippen LogP) is 2.66. The normalized spacial score (nSPS) is 12.8. The van der Waals surface area contributed by atoms with Gasteiger partial charge in [-0.3, -0.25) is 14.4 Å². The molecule has 174 valence electrons. The number of benzene rings is 2. The van der Waals surface area contributed by atoms with E-state index >= 15 is 0 Å². The van der Waals surface area contributed by atoms with Gasteiger partial charge in [-0.15, -0.1) is 0 Å². The molecule has 0 aliphatic heterocycles. The van der Waals surface area contributed by atoms with Gasteiger partial charge in [-0.1, -0.05) is 6.07 Å². The van der Waals surface area contributed by atoms with Gasteiger partial charge in [0.1, 0.15) is 0 Å². The van der Waals surface area contributed by atoms with Gasteiger partial charge in [0.25, 0.3) is 5.91 Å². The lowest BCUT2D eigenvalue weighted by Crippen LogP contribution is -2.38. The van der Waals surface area contributed by atoms with Crippen LogP contribution in [0.4, 0.5) is 5.69 Å². The van der Waals surface area contributed by atoms with Crippen LogP contribution in [-0.4, -0.2) is 43.7 Å². The van der Waals surface area contributed by atoms with Gasteiger partial charge in [-0.2, -0.15) is 5.10 Å². The van der Waals surface area contributed by atoms with E-state index in [9.17, 15) is 14.4 Å². The molecule has 3 rings (SSSR count). The summed E-state index contributed by atoms with van der Waals surface area (Å²) in [6.07, 6.45) is 3.17. The maximum absolute atomic E-state index is 12.3. The number of anilines is 1. The molecule has 0 saturated heterocycles. The number of carbonyl (C=O) groups excluding carboxylic acids is 3. The fourth-order valence-corrected chi connectivity index (χ4v) is 3.81. The van der Waals surface area contributed by atoms with Crippen LogP contribution >= 0.6 is 22.6 Å². The van der Waals surface area contributed by atoms with E-state index in [4.69, 9.17) is 9.47 Å². The number of hydrogen-bond donors (Lipinski definition) is 3. The Morgan fingerprint density at radius 2 is 1.79 bits per heavy atom. The van der Waals surface area contributed by atoms with Gasteiger partial charge >= 0.3 is 11.8 Å². The summed E-state index contributed by atoms with van der Waals surface area (Å²) >= 11 is 2.06. The highest BCUT2D eigenvalue weighted by Crippen LogP contribution is 2.33. The smallest absolute Gasteiger partial charge is 0.329 e. The molecule has 0 heterocycles. The first-order valence-electron chi connectivity index (χ1n) is 10.3. The van der Waals surface area contributed by atoms with Crippen molar-refractivity contribution in [1.82, 2.24) is 10.7 Å². The van der Waals surface area contributed by atoms with Crippen LogP contribution in [0.15, 0.2) is 35.4 Å². The molecule has 1 aliphatic carbocycles. The van der Waals surface area contributed by atoms with Gasteiger partial charge in [-0.25, -0.2) is 5.43 Å². The average Bonchev–Trinajstić information content (AvgIpc) is 3.55. The number of amides is 3. The molecule has 33 heavy (non-hydrogen) atoms. The minimum atomic E-state index is -0.824. The zero-order valence-corrected chi connectivity index (χ0v) is 20.7. The molecule has 2 aromatic rings. The summed E-state index contributed by atoms with van der Waals surface area (Å²) in [5, 5.41) is 9.23. The largest absolute Gasteiger partial charge is 0.493 e. The molecule has 10 heteroatoms. The van der Waals surface area contributed by atoms with Crippen LogP contribution in [0.3, 0.4) is 0 Å². The van der Waals surface area contributed by atoms with Crippen molar-refractivity contribution in [1.29, 1.82) is 0 Å². The molecular formula is C23H25IN4O5. The minimum absolute atomic E-state index is 0.0913. The van der Waals surface area contributed by atoms with Crippen molar-refractivity contribution in [2.45, 2.75) is 32.7 Å². The number of hydrogen-bond acceptors (Lipinski definition) is 6. The van der Waals surface area contributed by atoms with Crippen LogP contribution in [0.1, 0.15) is 29.5 Å². The summed E-state index contributed by atoms with van der Waals surface area (Å²) in [5.74, 6) is -1.01. The summed E-state index contributed by atoms with van der Waals surface area (Å²) in [4.78, 5) is 35.7. The lowest BCUT2D eigenvalue weighted by atomic mass is 10.1. The van der Waals surface area contributed by atoms with E-state index in [0.29, 0.717) is 26.3 Å². The van der Waals surface area contributed by atoms with Crippen molar-refractivity contribution in [3.63, 3.8) is 0 Å². The van der Waals surface area contributed by atoms with Crippen LogP contribution in [0.2, 0.25) is 0 Å². The third-order valence-electron chi connectivity index (χ3n) is 4.60. The van der Waals surface area contributed by atoms with Crippen molar-refractivity contribution < 1.29 is 23.9 Å². The van der Waals surface area contributed by atoms with Gasteiger partial charge in [-0.05, 0) is 90.2 Å². The third kappa shape index (κ3) is 7.45. The number of halogens is 1. The average molecular weight is 564 g/mol. The molecule has 0 atom stereocenters. The summed E-state index contributed by atoms with van der Waals surface area (Å²) in [5.41, 5.74) is 5.63. The third-order valence-corrected chi connectivity index (χ3v) is 5.40.